The van der Waals surface area contributed by atoms with Crippen molar-refractivity contribution in [1.29, 1.82) is 0 Å². The van der Waals surface area contributed by atoms with Gasteiger partial charge in [-0.1, -0.05) is 6.07 Å². The normalized spacial score (nSPS) is 17.6. The Morgan fingerprint density at radius 3 is 3.10 bits per heavy atom. The van der Waals surface area contributed by atoms with E-state index < -0.39 is 0 Å². The van der Waals surface area contributed by atoms with E-state index in [9.17, 15) is 4.79 Å². The maximum Gasteiger partial charge on any atom is 0.291 e. The Labute approximate surface area is 116 Å². The van der Waals surface area contributed by atoms with E-state index in [1.54, 1.807) is 6.92 Å². The molecule has 1 aromatic heterocycles. The Hall–Kier alpha value is -2.37. The van der Waals surface area contributed by atoms with E-state index in [1.807, 2.05) is 18.2 Å². The average Bonchev–Trinajstić information content (AvgIpc) is 2.85. The van der Waals surface area contributed by atoms with Crippen molar-refractivity contribution in [3.05, 3.63) is 41.0 Å². The van der Waals surface area contributed by atoms with Gasteiger partial charge in [-0.2, -0.15) is 0 Å². The van der Waals surface area contributed by atoms with Gasteiger partial charge in [0, 0.05) is 5.69 Å². The van der Waals surface area contributed by atoms with Gasteiger partial charge in [-0.25, -0.2) is 4.98 Å². The van der Waals surface area contributed by atoms with E-state index >= 15 is 0 Å². The van der Waals surface area contributed by atoms with Gasteiger partial charge >= 0.3 is 0 Å². The summed E-state index contributed by atoms with van der Waals surface area (Å²) in [5.74, 6) is 0.570. The van der Waals surface area contributed by atoms with Crippen molar-refractivity contribution in [2.75, 3.05) is 5.73 Å². The number of nitrogens with two attached hydrogens (primary N) is 1. The van der Waals surface area contributed by atoms with Crippen molar-refractivity contribution in [2.45, 2.75) is 32.2 Å². The van der Waals surface area contributed by atoms with Crippen molar-refractivity contribution in [2.24, 2.45) is 0 Å². The number of nitrogens with one attached hydrogen (secondary N) is 2. The lowest BCUT2D eigenvalue weighted by Gasteiger charge is -2.26. The molecule has 0 fully saturated rings. The molecule has 6 heteroatoms. The number of carbonyl (C=O) groups is 1. The number of carbonyl (C=O) groups excluding carboxylic acids is 1. The number of rotatable bonds is 2. The quantitative estimate of drug-likeness (QED) is 0.721. The number of anilines is 1. The summed E-state index contributed by atoms with van der Waals surface area (Å²) < 4.78 is 0. The zero-order chi connectivity index (χ0) is 14.1. The third kappa shape index (κ3) is 2.36. The number of fused-ring (bicyclic) bond motifs is 1. The zero-order valence-corrected chi connectivity index (χ0v) is 11.3. The summed E-state index contributed by atoms with van der Waals surface area (Å²) >= 11 is 0. The maximum atomic E-state index is 12.1. The largest absolute Gasteiger partial charge is 0.399 e. The number of hydrogen-bond acceptors (Lipinski definition) is 4. The van der Waals surface area contributed by atoms with E-state index in [0.717, 1.165) is 30.5 Å². The molecule has 1 unspecified atom stereocenters. The maximum absolute atomic E-state index is 12.1. The number of aromatic nitrogens is 3. The molecule has 0 spiro atoms. The van der Waals surface area contributed by atoms with Crippen LogP contribution in [0, 0.1) is 6.92 Å². The number of amides is 1. The molecule has 2 aromatic rings. The monoisotopic (exact) mass is 271 g/mol. The predicted molar refractivity (Wildman–Crippen MR) is 75.1 cm³/mol. The number of nitrogens with zero attached hydrogens (tertiary/aromatic N) is 2. The fourth-order valence-corrected chi connectivity index (χ4v) is 2.65. The lowest BCUT2D eigenvalue weighted by atomic mass is 9.87. The van der Waals surface area contributed by atoms with Crippen LogP contribution in [0.5, 0.6) is 0 Å². The number of nitrogen functional groups attached to an aromatic ring is 1. The van der Waals surface area contributed by atoms with Crippen LogP contribution in [-0.4, -0.2) is 21.1 Å². The molecule has 0 bridgehead atoms. The lowest BCUT2D eigenvalue weighted by Crippen LogP contribution is -2.31. The highest BCUT2D eigenvalue weighted by atomic mass is 16.2. The molecule has 4 N–H and O–H groups in total. The van der Waals surface area contributed by atoms with Gasteiger partial charge in [-0.05, 0) is 49.4 Å². The van der Waals surface area contributed by atoms with Gasteiger partial charge in [0.2, 0.25) is 5.82 Å². The van der Waals surface area contributed by atoms with Crippen LogP contribution in [0.25, 0.3) is 0 Å². The molecule has 1 aliphatic rings. The van der Waals surface area contributed by atoms with Gasteiger partial charge in [0.25, 0.3) is 5.91 Å². The van der Waals surface area contributed by atoms with Gasteiger partial charge in [0.15, 0.2) is 0 Å². The van der Waals surface area contributed by atoms with Crippen LogP contribution in [0.1, 0.15) is 46.5 Å². The third-order valence-corrected chi connectivity index (χ3v) is 3.59. The first-order valence-corrected chi connectivity index (χ1v) is 6.71. The molecule has 20 heavy (non-hydrogen) atoms. The molecule has 104 valence electrons. The van der Waals surface area contributed by atoms with E-state index in [4.69, 9.17) is 5.73 Å². The highest BCUT2D eigenvalue weighted by Crippen LogP contribution is 2.31. The van der Waals surface area contributed by atoms with Crippen molar-refractivity contribution in [3.8, 4) is 0 Å². The SMILES string of the molecule is Cc1nc(C(=O)NC2CCCc3cc(N)ccc32)n[nH]1. The first kappa shape index (κ1) is 12.7. The van der Waals surface area contributed by atoms with Crippen molar-refractivity contribution in [1.82, 2.24) is 20.5 Å². The molecule has 1 heterocycles. The number of H-pyrrole nitrogens is 1. The van der Waals surface area contributed by atoms with E-state index in [0.29, 0.717) is 5.82 Å². The Morgan fingerprint density at radius 1 is 1.50 bits per heavy atom. The lowest BCUT2D eigenvalue weighted by molar-refractivity contribution is 0.0922. The standard InChI is InChI=1S/C14H17N5O/c1-8-16-13(19-18-8)14(20)17-12-4-2-3-9-7-10(15)5-6-11(9)12/h5-7,12H,2-4,15H2,1H3,(H,17,20)(H,16,18,19). The minimum Gasteiger partial charge on any atom is -0.399 e. The number of aryl methyl sites for hydroxylation is 2. The molecule has 0 saturated carbocycles. The minimum absolute atomic E-state index is 0.00524. The smallest absolute Gasteiger partial charge is 0.291 e. The highest BCUT2D eigenvalue weighted by molar-refractivity contribution is 5.90. The van der Waals surface area contributed by atoms with Crippen molar-refractivity contribution >= 4 is 11.6 Å². The molecule has 6 nitrogen and oxygen atoms in total. The molecule has 0 aliphatic heterocycles. The van der Waals surface area contributed by atoms with Crippen LogP contribution in [-0.2, 0) is 6.42 Å². The van der Waals surface area contributed by atoms with Crippen LogP contribution < -0.4 is 11.1 Å². The summed E-state index contributed by atoms with van der Waals surface area (Å²) in [4.78, 5) is 16.2. The molecular formula is C14H17N5O. The fraction of sp³-hybridized carbons (Fsp3) is 0.357. The van der Waals surface area contributed by atoms with Gasteiger partial charge < -0.3 is 11.1 Å². The molecule has 3 rings (SSSR count). The second-order valence-electron chi connectivity index (χ2n) is 5.12. The van der Waals surface area contributed by atoms with Crippen LogP contribution in [0.4, 0.5) is 5.69 Å². The second-order valence-corrected chi connectivity index (χ2v) is 5.12. The highest BCUT2D eigenvalue weighted by Gasteiger charge is 2.23. The Morgan fingerprint density at radius 2 is 2.35 bits per heavy atom. The third-order valence-electron chi connectivity index (χ3n) is 3.59. The van der Waals surface area contributed by atoms with Crippen LogP contribution >= 0.6 is 0 Å². The first-order valence-electron chi connectivity index (χ1n) is 6.71. The molecule has 1 aromatic carbocycles. The summed E-state index contributed by atoms with van der Waals surface area (Å²) in [6.45, 7) is 1.77. The van der Waals surface area contributed by atoms with Gasteiger partial charge in [0.1, 0.15) is 5.82 Å². The predicted octanol–water partition coefficient (Wildman–Crippen LogP) is 1.50. The number of benzene rings is 1. The van der Waals surface area contributed by atoms with E-state index in [2.05, 4.69) is 20.5 Å². The molecule has 0 saturated heterocycles. The van der Waals surface area contributed by atoms with Crippen molar-refractivity contribution < 1.29 is 4.79 Å². The van der Waals surface area contributed by atoms with Crippen LogP contribution in [0.3, 0.4) is 0 Å². The topological polar surface area (TPSA) is 96.7 Å². The number of aromatic amines is 1. The molecule has 1 atom stereocenters. The van der Waals surface area contributed by atoms with Crippen LogP contribution in [0.2, 0.25) is 0 Å². The Bertz CT molecular complexity index is 649. The Balaban J connectivity index is 1.81. The zero-order valence-electron chi connectivity index (χ0n) is 11.3. The van der Waals surface area contributed by atoms with Gasteiger partial charge in [-0.15, -0.1) is 5.10 Å². The average molecular weight is 271 g/mol. The minimum atomic E-state index is -0.246. The fourth-order valence-electron chi connectivity index (χ4n) is 2.65. The number of hydrogen-bond donors (Lipinski definition) is 3. The van der Waals surface area contributed by atoms with E-state index in [-0.39, 0.29) is 17.8 Å². The van der Waals surface area contributed by atoms with Crippen LogP contribution in [0.15, 0.2) is 18.2 Å². The summed E-state index contributed by atoms with van der Waals surface area (Å²) in [6, 6.07) is 5.87. The summed E-state index contributed by atoms with van der Waals surface area (Å²) in [7, 11) is 0. The summed E-state index contributed by atoms with van der Waals surface area (Å²) in [5.41, 5.74) is 8.94. The molecular weight excluding hydrogens is 254 g/mol. The van der Waals surface area contributed by atoms with Crippen molar-refractivity contribution in [3.63, 3.8) is 0 Å². The molecule has 1 amide bonds. The van der Waals surface area contributed by atoms with E-state index in [1.165, 1.54) is 5.56 Å². The molecule has 0 radical (unpaired) electrons. The Kier molecular flexibility index (Phi) is 3.14. The second kappa shape index (κ2) is 4.96. The van der Waals surface area contributed by atoms with Gasteiger partial charge in [0.05, 0.1) is 6.04 Å². The van der Waals surface area contributed by atoms with Gasteiger partial charge in [-0.3, -0.25) is 9.89 Å². The summed E-state index contributed by atoms with van der Waals surface area (Å²) in [6.07, 6.45) is 2.97. The first-order chi connectivity index (χ1) is 9.63. The summed E-state index contributed by atoms with van der Waals surface area (Å²) in [5, 5.41) is 9.56. The molecule has 1 aliphatic carbocycles.